The fourth-order valence-corrected chi connectivity index (χ4v) is 4.65. The molecule has 1 aliphatic heterocycles. The number of rotatable bonds is 4. The molecule has 2 aliphatic rings. The van der Waals surface area contributed by atoms with E-state index in [4.69, 9.17) is 5.73 Å². The second-order valence-electron chi connectivity index (χ2n) is 5.08. The van der Waals surface area contributed by atoms with Crippen molar-refractivity contribution in [1.29, 1.82) is 0 Å². The Bertz CT molecular complexity index is 303. The molecule has 3 atom stereocenters. The molecule has 0 bridgehead atoms. The molecule has 2 fully saturated rings. The van der Waals surface area contributed by atoms with Crippen LogP contribution in [-0.4, -0.2) is 45.7 Å². The second-order valence-corrected chi connectivity index (χ2v) is 6.73. The first kappa shape index (κ1) is 13.0. The first-order valence-corrected chi connectivity index (χ1v) is 7.95. The van der Waals surface area contributed by atoms with E-state index in [1.54, 1.807) is 0 Å². The van der Waals surface area contributed by atoms with Gasteiger partial charge in [0, 0.05) is 29.1 Å². The van der Waals surface area contributed by atoms with Crippen LogP contribution < -0.4 is 5.73 Å². The number of amides is 1. The molecule has 0 aromatic carbocycles. The summed E-state index contributed by atoms with van der Waals surface area (Å²) in [6.07, 6.45) is 5.34. The van der Waals surface area contributed by atoms with Crippen LogP contribution in [-0.2, 0) is 15.6 Å². The number of likely N-dealkylation sites (tertiary alicyclic amines) is 1. The van der Waals surface area contributed by atoms with Gasteiger partial charge in [0.25, 0.3) is 0 Å². The van der Waals surface area contributed by atoms with Gasteiger partial charge in [0.1, 0.15) is 5.75 Å². The van der Waals surface area contributed by atoms with Gasteiger partial charge in [0.05, 0.1) is 0 Å². The van der Waals surface area contributed by atoms with Crippen molar-refractivity contribution < 1.29 is 9.00 Å². The molecule has 0 spiro atoms. The Balaban J connectivity index is 1.85. The second kappa shape index (κ2) is 5.96. The van der Waals surface area contributed by atoms with Gasteiger partial charge < -0.3 is 10.6 Å². The lowest BCUT2D eigenvalue weighted by molar-refractivity contribution is -0.127. The lowest BCUT2D eigenvalue weighted by Crippen LogP contribution is -2.36. The van der Waals surface area contributed by atoms with E-state index in [1.807, 2.05) is 4.90 Å². The average molecular weight is 258 g/mol. The molecule has 17 heavy (non-hydrogen) atoms. The number of nitrogens with two attached hydrogens (primary N) is 1. The molecule has 0 aromatic heterocycles. The highest BCUT2D eigenvalue weighted by Gasteiger charge is 2.32. The molecule has 98 valence electrons. The van der Waals surface area contributed by atoms with Crippen LogP contribution in [0.25, 0.3) is 0 Å². The van der Waals surface area contributed by atoms with Gasteiger partial charge >= 0.3 is 0 Å². The highest BCUT2D eigenvalue weighted by atomic mass is 32.2. The average Bonchev–Trinajstić information content (AvgIpc) is 2.99. The quantitative estimate of drug-likeness (QED) is 0.798. The standard InChI is InChI=1S/C12H22N2O2S/c13-8-10-4-3-5-11(10)17(16)9-12(15)14-6-1-2-7-14/h10-11H,1-9,13H2. The molecule has 2 N–H and O–H groups in total. The van der Waals surface area contributed by atoms with Crippen molar-refractivity contribution in [3.8, 4) is 0 Å². The molecule has 2 rings (SSSR count). The summed E-state index contributed by atoms with van der Waals surface area (Å²) in [5.41, 5.74) is 5.69. The zero-order valence-corrected chi connectivity index (χ0v) is 11.1. The van der Waals surface area contributed by atoms with E-state index >= 15 is 0 Å². The predicted octanol–water partition coefficient (Wildman–Crippen LogP) is 0.485. The van der Waals surface area contributed by atoms with E-state index in [1.165, 1.54) is 0 Å². The minimum absolute atomic E-state index is 0.0727. The summed E-state index contributed by atoms with van der Waals surface area (Å²) in [6.45, 7) is 2.30. The maximum Gasteiger partial charge on any atom is 0.235 e. The van der Waals surface area contributed by atoms with E-state index in [2.05, 4.69) is 0 Å². The molecule has 3 unspecified atom stereocenters. The molecular weight excluding hydrogens is 236 g/mol. The zero-order chi connectivity index (χ0) is 12.3. The van der Waals surface area contributed by atoms with E-state index < -0.39 is 10.8 Å². The smallest absolute Gasteiger partial charge is 0.235 e. The van der Waals surface area contributed by atoms with Crippen molar-refractivity contribution in [2.24, 2.45) is 11.7 Å². The minimum Gasteiger partial charge on any atom is -0.342 e. The molecule has 1 saturated carbocycles. The number of carbonyl (C=O) groups excluding carboxylic acids is 1. The third kappa shape index (κ3) is 3.07. The Morgan fingerprint density at radius 3 is 2.59 bits per heavy atom. The normalized spacial score (nSPS) is 30.8. The predicted molar refractivity (Wildman–Crippen MR) is 69.0 cm³/mol. The van der Waals surface area contributed by atoms with Gasteiger partial charge in [-0.25, -0.2) is 0 Å². The number of hydrogen-bond acceptors (Lipinski definition) is 3. The van der Waals surface area contributed by atoms with Crippen molar-refractivity contribution >= 4 is 16.7 Å². The lowest BCUT2D eigenvalue weighted by Gasteiger charge is -2.19. The molecule has 1 heterocycles. The Morgan fingerprint density at radius 2 is 1.94 bits per heavy atom. The Labute approximate surface area is 105 Å². The maximum absolute atomic E-state index is 12.2. The van der Waals surface area contributed by atoms with Crippen LogP contribution in [0.15, 0.2) is 0 Å². The summed E-state index contributed by atoms with van der Waals surface area (Å²) in [5, 5.41) is 0.159. The zero-order valence-electron chi connectivity index (χ0n) is 10.3. The molecule has 0 radical (unpaired) electrons. The molecule has 1 amide bonds. The van der Waals surface area contributed by atoms with Crippen molar-refractivity contribution in [2.45, 2.75) is 37.4 Å². The Morgan fingerprint density at radius 1 is 1.24 bits per heavy atom. The van der Waals surface area contributed by atoms with E-state index in [0.29, 0.717) is 12.5 Å². The largest absolute Gasteiger partial charge is 0.342 e. The summed E-state index contributed by atoms with van der Waals surface area (Å²) in [7, 11) is -1.02. The van der Waals surface area contributed by atoms with E-state index in [-0.39, 0.29) is 16.9 Å². The first-order valence-electron chi connectivity index (χ1n) is 6.57. The Hall–Kier alpha value is -0.420. The van der Waals surface area contributed by atoms with Crippen molar-refractivity contribution in [2.75, 3.05) is 25.4 Å². The molecule has 4 nitrogen and oxygen atoms in total. The van der Waals surface area contributed by atoms with Gasteiger partial charge in [-0.1, -0.05) is 6.42 Å². The lowest BCUT2D eigenvalue weighted by atomic mass is 10.1. The summed E-state index contributed by atoms with van der Waals surface area (Å²) >= 11 is 0. The third-order valence-electron chi connectivity index (χ3n) is 3.95. The van der Waals surface area contributed by atoms with Crippen molar-refractivity contribution in [1.82, 2.24) is 4.90 Å². The highest BCUT2D eigenvalue weighted by molar-refractivity contribution is 7.86. The topological polar surface area (TPSA) is 63.4 Å². The minimum atomic E-state index is -1.02. The van der Waals surface area contributed by atoms with Crippen LogP contribution in [0, 0.1) is 5.92 Å². The molecular formula is C12H22N2O2S. The molecule has 5 heteroatoms. The van der Waals surface area contributed by atoms with Crippen molar-refractivity contribution in [3.63, 3.8) is 0 Å². The first-order chi connectivity index (χ1) is 8.22. The maximum atomic E-state index is 12.2. The third-order valence-corrected chi connectivity index (χ3v) is 5.78. The summed E-state index contributed by atoms with van der Waals surface area (Å²) in [4.78, 5) is 13.8. The van der Waals surface area contributed by atoms with Gasteiger partial charge in [-0.2, -0.15) is 0 Å². The van der Waals surface area contributed by atoms with Gasteiger partial charge in [-0.3, -0.25) is 9.00 Å². The van der Waals surface area contributed by atoms with Gasteiger partial charge in [-0.15, -0.1) is 0 Å². The van der Waals surface area contributed by atoms with Crippen LogP contribution in [0.1, 0.15) is 32.1 Å². The van der Waals surface area contributed by atoms with Crippen LogP contribution in [0.4, 0.5) is 0 Å². The fourth-order valence-electron chi connectivity index (χ4n) is 2.91. The molecule has 1 saturated heterocycles. The van der Waals surface area contributed by atoms with Crippen LogP contribution in [0.2, 0.25) is 0 Å². The highest BCUT2D eigenvalue weighted by Crippen LogP contribution is 2.29. The van der Waals surface area contributed by atoms with Crippen molar-refractivity contribution in [3.05, 3.63) is 0 Å². The Kier molecular flexibility index (Phi) is 4.56. The number of hydrogen-bond donors (Lipinski definition) is 1. The molecule has 1 aliphatic carbocycles. The van der Waals surface area contributed by atoms with Crippen LogP contribution in [0.5, 0.6) is 0 Å². The summed E-state index contributed by atoms with van der Waals surface area (Å²) < 4.78 is 12.2. The summed E-state index contributed by atoms with van der Waals surface area (Å²) in [5.74, 6) is 0.645. The van der Waals surface area contributed by atoms with Crippen LogP contribution >= 0.6 is 0 Å². The number of carbonyl (C=O) groups is 1. The van der Waals surface area contributed by atoms with Gasteiger partial charge in [0.15, 0.2) is 0 Å². The SMILES string of the molecule is NCC1CCCC1S(=O)CC(=O)N1CCCC1. The van der Waals surface area contributed by atoms with E-state index in [0.717, 1.165) is 45.2 Å². The van der Waals surface area contributed by atoms with Gasteiger partial charge in [-0.05, 0) is 38.1 Å². The summed E-state index contributed by atoms with van der Waals surface area (Å²) in [6, 6.07) is 0. The van der Waals surface area contributed by atoms with Gasteiger partial charge in [0.2, 0.25) is 5.91 Å². The monoisotopic (exact) mass is 258 g/mol. The number of nitrogens with zero attached hydrogens (tertiary/aromatic N) is 1. The fraction of sp³-hybridized carbons (Fsp3) is 0.917. The van der Waals surface area contributed by atoms with E-state index in [9.17, 15) is 9.00 Å². The molecule has 0 aromatic rings. The van der Waals surface area contributed by atoms with Crippen LogP contribution in [0.3, 0.4) is 0 Å².